The quantitative estimate of drug-likeness (QED) is 0.768. The van der Waals surface area contributed by atoms with Crippen molar-refractivity contribution in [2.45, 2.75) is 19.3 Å². The van der Waals surface area contributed by atoms with Crippen LogP contribution in [0.25, 0.3) is 0 Å². The van der Waals surface area contributed by atoms with Crippen molar-refractivity contribution >= 4 is 34.8 Å². The van der Waals surface area contributed by atoms with Gasteiger partial charge in [-0.2, -0.15) is 0 Å². The lowest BCUT2D eigenvalue weighted by Gasteiger charge is -2.18. The Morgan fingerprint density at radius 1 is 0.960 bits per heavy atom. The molecule has 0 heterocycles. The SMILES string of the molecule is O=C(Nc1ccc(Cl)cc1)c1ccccc1NC(=O)C1CC=CCC1. The second kappa shape index (κ2) is 7.99. The largest absolute Gasteiger partial charge is 0.325 e. The van der Waals surface area contributed by atoms with Gasteiger partial charge in [0.25, 0.3) is 5.91 Å². The molecular formula is C20H19ClN2O2. The van der Waals surface area contributed by atoms with Crippen LogP contribution in [0.15, 0.2) is 60.7 Å². The summed E-state index contributed by atoms with van der Waals surface area (Å²) in [6.07, 6.45) is 6.62. The van der Waals surface area contributed by atoms with Gasteiger partial charge < -0.3 is 10.6 Å². The molecule has 1 aliphatic rings. The maximum atomic E-state index is 12.6. The van der Waals surface area contributed by atoms with Gasteiger partial charge >= 0.3 is 0 Å². The van der Waals surface area contributed by atoms with Crippen molar-refractivity contribution in [3.05, 3.63) is 71.3 Å². The monoisotopic (exact) mass is 354 g/mol. The summed E-state index contributed by atoms with van der Waals surface area (Å²) >= 11 is 5.86. The first-order valence-corrected chi connectivity index (χ1v) is 8.63. The van der Waals surface area contributed by atoms with Crippen LogP contribution in [0, 0.1) is 5.92 Å². The number of rotatable bonds is 4. The Bertz CT molecular complexity index is 800. The molecule has 25 heavy (non-hydrogen) atoms. The van der Waals surface area contributed by atoms with E-state index in [9.17, 15) is 9.59 Å². The third-order valence-corrected chi connectivity index (χ3v) is 4.42. The highest BCUT2D eigenvalue weighted by Gasteiger charge is 2.20. The number of amides is 2. The van der Waals surface area contributed by atoms with Crippen LogP contribution in [-0.4, -0.2) is 11.8 Å². The average Bonchev–Trinajstić information content (AvgIpc) is 2.64. The standard InChI is InChI=1S/C20H19ClN2O2/c21-15-10-12-16(13-11-15)22-20(25)17-8-4-5-9-18(17)23-19(24)14-6-2-1-3-7-14/h1-2,4-5,8-14H,3,6-7H2,(H,22,25)(H,23,24). The van der Waals surface area contributed by atoms with Gasteiger partial charge in [0.2, 0.25) is 5.91 Å². The smallest absolute Gasteiger partial charge is 0.257 e. The van der Waals surface area contributed by atoms with Gasteiger partial charge in [-0.1, -0.05) is 35.9 Å². The van der Waals surface area contributed by atoms with Gasteiger partial charge in [-0.25, -0.2) is 0 Å². The van der Waals surface area contributed by atoms with Crippen LogP contribution in [0.1, 0.15) is 29.6 Å². The predicted molar refractivity (Wildman–Crippen MR) is 101 cm³/mol. The normalized spacial score (nSPS) is 16.3. The molecule has 2 aromatic rings. The second-order valence-electron chi connectivity index (χ2n) is 5.98. The highest BCUT2D eigenvalue weighted by molar-refractivity contribution is 6.30. The first-order chi connectivity index (χ1) is 12.1. The second-order valence-corrected chi connectivity index (χ2v) is 6.41. The first-order valence-electron chi connectivity index (χ1n) is 8.25. The van der Waals surface area contributed by atoms with Crippen molar-refractivity contribution in [1.82, 2.24) is 0 Å². The van der Waals surface area contributed by atoms with Crippen LogP contribution >= 0.6 is 11.6 Å². The fraction of sp³-hybridized carbons (Fsp3) is 0.200. The van der Waals surface area contributed by atoms with E-state index >= 15 is 0 Å². The minimum absolute atomic E-state index is 0.0441. The molecule has 1 unspecified atom stereocenters. The van der Waals surface area contributed by atoms with E-state index in [1.54, 1.807) is 48.5 Å². The van der Waals surface area contributed by atoms with Gasteiger partial charge in [-0.05, 0) is 55.7 Å². The van der Waals surface area contributed by atoms with Crippen molar-refractivity contribution in [1.29, 1.82) is 0 Å². The van der Waals surface area contributed by atoms with Gasteiger partial charge in [0.05, 0.1) is 11.3 Å². The molecule has 0 spiro atoms. The van der Waals surface area contributed by atoms with E-state index in [0.717, 1.165) is 19.3 Å². The van der Waals surface area contributed by atoms with E-state index < -0.39 is 0 Å². The number of hydrogen-bond acceptors (Lipinski definition) is 2. The average molecular weight is 355 g/mol. The summed E-state index contributed by atoms with van der Waals surface area (Å²) in [7, 11) is 0. The molecule has 0 saturated carbocycles. The Kier molecular flexibility index (Phi) is 5.51. The zero-order chi connectivity index (χ0) is 17.6. The Labute approximate surface area is 151 Å². The fourth-order valence-electron chi connectivity index (χ4n) is 2.79. The zero-order valence-corrected chi connectivity index (χ0v) is 14.4. The predicted octanol–water partition coefficient (Wildman–Crippen LogP) is 4.89. The van der Waals surface area contributed by atoms with Crippen LogP contribution in [0.3, 0.4) is 0 Å². The number of benzene rings is 2. The number of hydrogen-bond donors (Lipinski definition) is 2. The molecule has 0 fully saturated rings. The Morgan fingerprint density at radius 2 is 1.72 bits per heavy atom. The van der Waals surface area contributed by atoms with Crippen LogP contribution < -0.4 is 10.6 Å². The summed E-state index contributed by atoms with van der Waals surface area (Å²) in [5.41, 5.74) is 1.60. The molecule has 1 aliphatic carbocycles. The van der Waals surface area contributed by atoms with Crippen molar-refractivity contribution in [2.24, 2.45) is 5.92 Å². The van der Waals surface area contributed by atoms with E-state index in [1.807, 2.05) is 6.08 Å². The molecule has 5 heteroatoms. The van der Waals surface area contributed by atoms with E-state index in [1.165, 1.54) is 0 Å². The summed E-state index contributed by atoms with van der Waals surface area (Å²) in [5.74, 6) is -0.366. The number of carbonyl (C=O) groups excluding carboxylic acids is 2. The van der Waals surface area contributed by atoms with Crippen molar-refractivity contribution in [3.8, 4) is 0 Å². The molecule has 0 radical (unpaired) electrons. The van der Waals surface area contributed by atoms with E-state index in [4.69, 9.17) is 11.6 Å². The topological polar surface area (TPSA) is 58.2 Å². The molecular weight excluding hydrogens is 336 g/mol. The van der Waals surface area contributed by atoms with Crippen LogP contribution in [0.2, 0.25) is 5.02 Å². The number of halogens is 1. The number of nitrogens with one attached hydrogen (secondary N) is 2. The van der Waals surface area contributed by atoms with Gasteiger partial charge in [-0.3, -0.25) is 9.59 Å². The number of anilines is 2. The minimum Gasteiger partial charge on any atom is -0.325 e. The summed E-state index contributed by atoms with van der Waals surface area (Å²) in [6.45, 7) is 0. The van der Waals surface area contributed by atoms with E-state index in [0.29, 0.717) is 22.0 Å². The van der Waals surface area contributed by atoms with Gasteiger partial charge in [0.15, 0.2) is 0 Å². The summed E-state index contributed by atoms with van der Waals surface area (Å²) < 4.78 is 0. The molecule has 2 amide bonds. The van der Waals surface area contributed by atoms with E-state index in [-0.39, 0.29) is 17.7 Å². The van der Waals surface area contributed by atoms with Gasteiger partial charge in [-0.15, -0.1) is 0 Å². The number of allylic oxidation sites excluding steroid dienone is 2. The van der Waals surface area contributed by atoms with E-state index in [2.05, 4.69) is 16.7 Å². The van der Waals surface area contributed by atoms with Crippen molar-refractivity contribution < 1.29 is 9.59 Å². The van der Waals surface area contributed by atoms with Crippen molar-refractivity contribution in [2.75, 3.05) is 10.6 Å². The summed E-state index contributed by atoms with van der Waals surface area (Å²) in [5, 5.41) is 6.32. The highest BCUT2D eigenvalue weighted by atomic mass is 35.5. The highest BCUT2D eigenvalue weighted by Crippen LogP contribution is 2.23. The third-order valence-electron chi connectivity index (χ3n) is 4.17. The molecule has 2 aromatic carbocycles. The Balaban J connectivity index is 1.73. The Hall–Kier alpha value is -2.59. The lowest BCUT2D eigenvalue weighted by molar-refractivity contribution is -0.120. The molecule has 128 valence electrons. The molecule has 3 rings (SSSR count). The fourth-order valence-corrected chi connectivity index (χ4v) is 2.91. The van der Waals surface area contributed by atoms with Gasteiger partial charge in [0.1, 0.15) is 0 Å². The van der Waals surface area contributed by atoms with Crippen LogP contribution in [0.5, 0.6) is 0 Å². The van der Waals surface area contributed by atoms with Gasteiger partial charge in [0, 0.05) is 16.6 Å². The number of para-hydroxylation sites is 1. The zero-order valence-electron chi connectivity index (χ0n) is 13.7. The molecule has 0 saturated heterocycles. The molecule has 0 aromatic heterocycles. The first kappa shape index (κ1) is 17.2. The lowest BCUT2D eigenvalue weighted by Crippen LogP contribution is -2.25. The summed E-state index contributed by atoms with van der Waals surface area (Å²) in [6, 6.07) is 13.9. The van der Waals surface area contributed by atoms with Crippen LogP contribution in [0.4, 0.5) is 11.4 Å². The maximum Gasteiger partial charge on any atom is 0.257 e. The third kappa shape index (κ3) is 4.48. The lowest BCUT2D eigenvalue weighted by atomic mass is 9.93. The van der Waals surface area contributed by atoms with Crippen molar-refractivity contribution in [3.63, 3.8) is 0 Å². The molecule has 1 atom stereocenters. The van der Waals surface area contributed by atoms with Crippen LogP contribution in [-0.2, 0) is 4.79 Å². The minimum atomic E-state index is -0.276. The Morgan fingerprint density at radius 3 is 2.44 bits per heavy atom. The number of carbonyl (C=O) groups is 2. The summed E-state index contributed by atoms with van der Waals surface area (Å²) in [4.78, 5) is 25.0. The molecule has 2 N–H and O–H groups in total. The molecule has 0 aliphatic heterocycles. The molecule has 4 nitrogen and oxygen atoms in total. The molecule has 0 bridgehead atoms. The maximum absolute atomic E-state index is 12.6.